The van der Waals surface area contributed by atoms with Gasteiger partial charge in [0.2, 0.25) is 5.91 Å². The number of nitro benzene ring substituents is 1. The summed E-state index contributed by atoms with van der Waals surface area (Å²) in [7, 11) is 1.31. The van der Waals surface area contributed by atoms with E-state index in [0.717, 1.165) is 4.90 Å². The molecule has 30 heavy (non-hydrogen) atoms. The normalized spacial score (nSPS) is 14.9. The van der Waals surface area contributed by atoms with E-state index < -0.39 is 28.5 Å². The number of methoxy groups -OCH3 is 1. The van der Waals surface area contributed by atoms with E-state index in [9.17, 15) is 24.5 Å². The van der Waals surface area contributed by atoms with Crippen LogP contribution in [-0.4, -0.2) is 40.5 Å². The van der Waals surface area contributed by atoms with Gasteiger partial charge in [0.15, 0.2) is 5.75 Å². The predicted molar refractivity (Wildman–Crippen MR) is 112 cm³/mol. The molecule has 1 heterocycles. The van der Waals surface area contributed by atoms with Crippen LogP contribution in [-0.2, 0) is 9.59 Å². The molecule has 2 aromatic carbocycles. The highest BCUT2D eigenvalue weighted by atomic mass is 35.5. The summed E-state index contributed by atoms with van der Waals surface area (Å²) in [5.74, 6) is -1.19. The summed E-state index contributed by atoms with van der Waals surface area (Å²) in [6, 6.07) is 10.7. The van der Waals surface area contributed by atoms with E-state index in [1.807, 2.05) is 0 Å². The average molecular weight is 448 g/mol. The van der Waals surface area contributed by atoms with Crippen LogP contribution in [0.4, 0.5) is 16.2 Å². The van der Waals surface area contributed by atoms with Gasteiger partial charge in [0, 0.05) is 6.07 Å². The number of carbonyl (C=O) groups is 3. The fourth-order valence-electron chi connectivity index (χ4n) is 2.62. The Bertz CT molecular complexity index is 1090. The Balaban J connectivity index is 1.76. The van der Waals surface area contributed by atoms with Gasteiger partial charge in [-0.2, -0.15) is 0 Å². The van der Waals surface area contributed by atoms with Crippen molar-refractivity contribution in [3.8, 4) is 5.75 Å². The van der Waals surface area contributed by atoms with Gasteiger partial charge >= 0.3 is 5.69 Å². The molecule has 0 atom stereocenters. The van der Waals surface area contributed by atoms with Crippen molar-refractivity contribution in [1.82, 2.24) is 4.90 Å². The van der Waals surface area contributed by atoms with Gasteiger partial charge in [-0.15, -0.1) is 0 Å². The zero-order chi connectivity index (χ0) is 21.8. The van der Waals surface area contributed by atoms with Crippen molar-refractivity contribution in [3.05, 3.63) is 68.1 Å². The third kappa shape index (κ3) is 4.61. The number of amides is 3. The van der Waals surface area contributed by atoms with Crippen LogP contribution in [0.5, 0.6) is 5.75 Å². The number of thioether (sulfide) groups is 1. The molecule has 3 amide bonds. The molecule has 0 bridgehead atoms. The second-order valence-electron chi connectivity index (χ2n) is 5.98. The van der Waals surface area contributed by atoms with Crippen molar-refractivity contribution in [2.24, 2.45) is 0 Å². The van der Waals surface area contributed by atoms with E-state index in [4.69, 9.17) is 16.3 Å². The molecule has 0 aliphatic carbocycles. The van der Waals surface area contributed by atoms with Gasteiger partial charge in [0.05, 0.1) is 27.6 Å². The first-order valence-corrected chi connectivity index (χ1v) is 9.61. The third-order valence-electron chi connectivity index (χ3n) is 4.02. The number of nitrogens with zero attached hydrogens (tertiary/aromatic N) is 2. The van der Waals surface area contributed by atoms with E-state index in [2.05, 4.69) is 5.32 Å². The van der Waals surface area contributed by atoms with Crippen LogP contribution in [0, 0.1) is 10.1 Å². The van der Waals surface area contributed by atoms with E-state index in [0.29, 0.717) is 28.0 Å². The standard InChI is InChI=1S/C19H14ClN3O6S/c1-29-15-7-6-11(8-14(15)23(27)28)9-16-18(25)22(19(26)30-16)10-17(24)21-13-5-3-2-4-12(13)20/h2-9H,10H2,1H3,(H,21,24)/b16-9+. The third-order valence-corrected chi connectivity index (χ3v) is 5.26. The first-order chi connectivity index (χ1) is 14.3. The minimum atomic E-state index is -0.669. The summed E-state index contributed by atoms with van der Waals surface area (Å²) in [6.07, 6.45) is 1.35. The number of nitro groups is 1. The topological polar surface area (TPSA) is 119 Å². The summed E-state index contributed by atoms with van der Waals surface area (Å²) in [6.45, 7) is -0.490. The quantitative estimate of drug-likeness (QED) is 0.404. The van der Waals surface area contributed by atoms with Gasteiger partial charge in [-0.3, -0.25) is 29.4 Å². The van der Waals surface area contributed by atoms with Crippen molar-refractivity contribution >= 4 is 57.9 Å². The molecule has 1 saturated heterocycles. The lowest BCUT2D eigenvalue weighted by atomic mass is 10.1. The number of halogens is 1. The summed E-state index contributed by atoms with van der Waals surface area (Å²) in [5.41, 5.74) is 0.426. The molecule has 9 nitrogen and oxygen atoms in total. The van der Waals surface area contributed by atoms with Crippen LogP contribution in [0.3, 0.4) is 0 Å². The van der Waals surface area contributed by atoms with Crippen molar-refractivity contribution in [3.63, 3.8) is 0 Å². The fraction of sp³-hybridized carbons (Fsp3) is 0.105. The van der Waals surface area contributed by atoms with Crippen molar-refractivity contribution in [2.75, 3.05) is 19.0 Å². The zero-order valence-corrected chi connectivity index (χ0v) is 17.0. The lowest BCUT2D eigenvalue weighted by Crippen LogP contribution is -2.36. The maximum absolute atomic E-state index is 12.6. The first kappa shape index (κ1) is 21.3. The van der Waals surface area contributed by atoms with E-state index in [-0.39, 0.29) is 16.3 Å². The number of hydrogen-bond donors (Lipinski definition) is 1. The molecule has 0 unspecified atom stereocenters. The van der Waals surface area contributed by atoms with E-state index in [1.165, 1.54) is 31.4 Å². The smallest absolute Gasteiger partial charge is 0.311 e. The lowest BCUT2D eigenvalue weighted by molar-refractivity contribution is -0.385. The van der Waals surface area contributed by atoms with Crippen LogP contribution >= 0.6 is 23.4 Å². The maximum Gasteiger partial charge on any atom is 0.311 e. The minimum absolute atomic E-state index is 0.0463. The van der Waals surface area contributed by atoms with Crippen molar-refractivity contribution in [2.45, 2.75) is 0 Å². The van der Waals surface area contributed by atoms with E-state index >= 15 is 0 Å². The Morgan fingerprint density at radius 2 is 2.03 bits per heavy atom. The van der Waals surface area contributed by atoms with Gasteiger partial charge in [0.25, 0.3) is 11.1 Å². The Morgan fingerprint density at radius 1 is 1.30 bits per heavy atom. The molecule has 1 N–H and O–H groups in total. The summed E-state index contributed by atoms with van der Waals surface area (Å²) in [5, 5.41) is 13.4. The lowest BCUT2D eigenvalue weighted by Gasteiger charge is -2.13. The van der Waals surface area contributed by atoms with Gasteiger partial charge in [0.1, 0.15) is 6.54 Å². The average Bonchev–Trinajstić information content (AvgIpc) is 2.97. The van der Waals surface area contributed by atoms with Crippen LogP contribution in [0.15, 0.2) is 47.4 Å². The monoisotopic (exact) mass is 447 g/mol. The molecule has 0 radical (unpaired) electrons. The van der Waals surface area contributed by atoms with Gasteiger partial charge in [-0.25, -0.2) is 0 Å². The minimum Gasteiger partial charge on any atom is -0.490 e. The van der Waals surface area contributed by atoms with Gasteiger partial charge < -0.3 is 10.1 Å². The molecule has 0 spiro atoms. The molecule has 1 fully saturated rings. The molecule has 0 saturated carbocycles. The second kappa shape index (κ2) is 8.97. The molecule has 154 valence electrons. The van der Waals surface area contributed by atoms with E-state index in [1.54, 1.807) is 24.3 Å². The molecule has 11 heteroatoms. The Morgan fingerprint density at radius 3 is 2.70 bits per heavy atom. The Labute approximate surface area is 179 Å². The van der Waals surface area contributed by atoms with Gasteiger partial charge in [-0.05, 0) is 41.6 Å². The highest BCUT2D eigenvalue weighted by molar-refractivity contribution is 8.18. The highest BCUT2D eigenvalue weighted by Gasteiger charge is 2.36. The number of ether oxygens (including phenoxy) is 1. The Kier molecular flexibility index (Phi) is 6.38. The highest BCUT2D eigenvalue weighted by Crippen LogP contribution is 2.34. The second-order valence-corrected chi connectivity index (χ2v) is 7.38. The zero-order valence-electron chi connectivity index (χ0n) is 15.5. The first-order valence-electron chi connectivity index (χ1n) is 8.42. The van der Waals surface area contributed by atoms with Crippen LogP contribution < -0.4 is 10.1 Å². The number of carbonyl (C=O) groups excluding carboxylic acids is 3. The SMILES string of the molecule is COc1ccc(/C=C2/SC(=O)N(CC(=O)Nc3ccccc3Cl)C2=O)cc1[N+](=O)[O-]. The summed E-state index contributed by atoms with van der Waals surface area (Å²) >= 11 is 6.62. The number of nitrogens with one attached hydrogen (secondary N) is 1. The van der Waals surface area contributed by atoms with Crippen LogP contribution in [0.1, 0.15) is 5.56 Å². The molecule has 1 aliphatic heterocycles. The van der Waals surface area contributed by atoms with Crippen molar-refractivity contribution in [1.29, 1.82) is 0 Å². The predicted octanol–water partition coefficient (Wildman–Crippen LogP) is 3.93. The van der Waals surface area contributed by atoms with Crippen molar-refractivity contribution < 1.29 is 24.0 Å². The summed E-state index contributed by atoms with van der Waals surface area (Å²) in [4.78, 5) is 48.4. The number of benzene rings is 2. The molecule has 2 aromatic rings. The van der Waals surface area contributed by atoms with Gasteiger partial charge in [-0.1, -0.05) is 29.8 Å². The molecule has 1 aliphatic rings. The Hall–Kier alpha value is -3.37. The number of rotatable bonds is 6. The fourth-order valence-corrected chi connectivity index (χ4v) is 3.64. The summed E-state index contributed by atoms with van der Waals surface area (Å²) < 4.78 is 4.94. The number of anilines is 1. The maximum atomic E-state index is 12.6. The number of para-hydroxylation sites is 1. The molecular formula is C19H14ClN3O6S. The van der Waals surface area contributed by atoms with Crippen LogP contribution in [0.25, 0.3) is 6.08 Å². The molecule has 3 rings (SSSR count). The molecule has 0 aromatic heterocycles. The van der Waals surface area contributed by atoms with Crippen LogP contribution in [0.2, 0.25) is 5.02 Å². The largest absolute Gasteiger partial charge is 0.490 e. The number of imide groups is 1. The molecular weight excluding hydrogens is 434 g/mol. The number of hydrogen-bond acceptors (Lipinski definition) is 7.